The number of allylic oxidation sites excluding steroid dienone is 1. The van der Waals surface area contributed by atoms with E-state index < -0.39 is 47.3 Å². The number of carboxylic acid groups (broad SMARTS) is 1. The van der Waals surface area contributed by atoms with Gasteiger partial charge in [-0.05, 0) is 28.3 Å². The fraction of sp³-hybridized carbons (Fsp3) is 0.132. The number of rotatable bonds is 13. The fourth-order valence-corrected chi connectivity index (χ4v) is 9.38. The molecule has 2 amide bonds. The maximum absolute atomic E-state index is 13.8. The number of amides is 2. The molecule has 0 unspecified atom stereocenters. The quantitative estimate of drug-likeness (QED) is 0.0568. The summed E-state index contributed by atoms with van der Waals surface area (Å²) >= 11 is 3.76. The van der Waals surface area contributed by atoms with Gasteiger partial charge in [0.25, 0.3) is 18.7 Å². The second kappa shape index (κ2) is 15.3. The van der Waals surface area contributed by atoms with Crippen LogP contribution in [0.4, 0.5) is 9.52 Å². The van der Waals surface area contributed by atoms with Crippen molar-refractivity contribution >= 4 is 74.2 Å². The lowest BCUT2D eigenvalue weighted by atomic mass is 9.77. The van der Waals surface area contributed by atoms with Crippen molar-refractivity contribution in [2.24, 2.45) is 5.16 Å². The van der Waals surface area contributed by atoms with Gasteiger partial charge >= 0.3 is 5.97 Å². The Morgan fingerprint density at radius 3 is 2.27 bits per heavy atom. The molecule has 276 valence electrons. The molecule has 1 saturated heterocycles. The number of thioether (sulfide) groups is 1. The van der Waals surface area contributed by atoms with Gasteiger partial charge < -0.3 is 20.6 Å². The maximum Gasteiger partial charge on any atom is 0.352 e. The van der Waals surface area contributed by atoms with Crippen molar-refractivity contribution in [3.63, 3.8) is 0 Å². The first-order valence-electron chi connectivity index (χ1n) is 16.7. The lowest BCUT2D eigenvalue weighted by molar-refractivity contribution is -0.150. The number of aromatic nitrogens is 4. The van der Waals surface area contributed by atoms with E-state index in [1.54, 1.807) is 24.7 Å². The molecule has 2 aliphatic rings. The van der Waals surface area contributed by atoms with Crippen LogP contribution in [0.3, 0.4) is 0 Å². The summed E-state index contributed by atoms with van der Waals surface area (Å²) in [5, 5.41) is 21.6. The molecule has 3 N–H and O–H groups in total. The number of halogens is 1. The Labute approximate surface area is 325 Å². The van der Waals surface area contributed by atoms with Gasteiger partial charge in [0.1, 0.15) is 33.8 Å². The van der Waals surface area contributed by atoms with Gasteiger partial charge in [-0.2, -0.15) is 9.36 Å². The van der Waals surface area contributed by atoms with E-state index >= 15 is 0 Å². The molecule has 0 saturated carbocycles. The molecule has 55 heavy (non-hydrogen) atoms. The zero-order chi connectivity index (χ0) is 37.9. The summed E-state index contributed by atoms with van der Waals surface area (Å²) in [6.45, 7) is -1.33. The number of hydrogen-bond acceptors (Lipinski definition) is 12. The first kappa shape index (κ1) is 35.8. The zero-order valence-electron chi connectivity index (χ0n) is 28.5. The SMILES string of the molecule is O=C(O)C1=C(/C=C/c2csc3cncn23)CS[C@@H]2[C@H](NC(=O)/C(=N\OCF)c3nsc(NC(c4ccccc4)(c4ccccc4)c4ccccc4)n3)C(=O)N12. The third-order valence-electron chi connectivity index (χ3n) is 9.10. The number of nitrogens with one attached hydrogen (secondary N) is 2. The van der Waals surface area contributed by atoms with Crippen LogP contribution in [0.5, 0.6) is 0 Å². The standard InChI is InChI=1S/C38H29FN8O5S3/c39-21-52-44-29(32-42-37(55-45-32)43-38(24-10-4-1-5-11-24,25-12-6-2-7-13-25)26-14-8-3-9-15-26)33(48)41-30-34(49)47-31(36(50)51)23(19-54-35(30)47)16-17-27-20-53-28-18-40-22-46(27)28/h1-18,20,22,30,35H,19,21H2,(H,41,48)(H,50,51)(H,42,43,45)/b17-16+,44-29-/t30-,35-/m1/s1. The van der Waals surface area contributed by atoms with Crippen LogP contribution in [0.1, 0.15) is 28.2 Å². The Morgan fingerprint density at radius 2 is 1.65 bits per heavy atom. The first-order valence-corrected chi connectivity index (χ1v) is 19.4. The number of imidazole rings is 1. The predicted octanol–water partition coefficient (Wildman–Crippen LogP) is 5.75. The minimum atomic E-state index is -1.33. The molecule has 3 aromatic heterocycles. The number of thiazole rings is 1. The summed E-state index contributed by atoms with van der Waals surface area (Å²) in [7, 11) is 0. The van der Waals surface area contributed by atoms with Crippen molar-refractivity contribution in [3.05, 3.63) is 154 Å². The molecule has 13 nitrogen and oxygen atoms in total. The zero-order valence-corrected chi connectivity index (χ0v) is 30.9. The van der Waals surface area contributed by atoms with E-state index in [1.165, 1.54) is 23.1 Å². The number of carboxylic acids is 1. The van der Waals surface area contributed by atoms with Crippen LogP contribution in [-0.2, 0) is 24.8 Å². The number of aliphatic carboxylic acids is 1. The molecule has 6 aromatic rings. The minimum Gasteiger partial charge on any atom is -0.477 e. The Morgan fingerprint density at radius 1 is 1.00 bits per heavy atom. The first-order chi connectivity index (χ1) is 26.9. The summed E-state index contributed by atoms with van der Waals surface area (Å²) in [6.07, 6.45) is 6.84. The Kier molecular flexibility index (Phi) is 9.96. The fourth-order valence-electron chi connectivity index (χ4n) is 6.61. The molecule has 8 rings (SSSR count). The van der Waals surface area contributed by atoms with E-state index in [4.69, 9.17) is 0 Å². The van der Waals surface area contributed by atoms with Crippen LogP contribution in [0.25, 0.3) is 10.9 Å². The van der Waals surface area contributed by atoms with E-state index in [9.17, 15) is 23.9 Å². The monoisotopic (exact) mass is 792 g/mol. The molecular formula is C38H29FN8O5S3. The molecule has 5 heterocycles. The predicted molar refractivity (Wildman–Crippen MR) is 208 cm³/mol. The van der Waals surface area contributed by atoms with Gasteiger partial charge in [0.15, 0.2) is 0 Å². The maximum atomic E-state index is 13.8. The lowest BCUT2D eigenvalue weighted by Crippen LogP contribution is -2.71. The lowest BCUT2D eigenvalue weighted by Gasteiger charge is -2.49. The molecule has 0 radical (unpaired) electrons. The number of alkyl halides is 1. The largest absolute Gasteiger partial charge is 0.477 e. The third-order valence-corrected chi connectivity index (χ3v) is 11.9. The van der Waals surface area contributed by atoms with E-state index in [0.717, 1.165) is 43.6 Å². The molecule has 17 heteroatoms. The number of carbonyl (C=O) groups is 3. The highest BCUT2D eigenvalue weighted by Crippen LogP contribution is 2.42. The van der Waals surface area contributed by atoms with E-state index in [2.05, 4.69) is 35.0 Å². The topological polar surface area (TPSA) is 163 Å². The van der Waals surface area contributed by atoms with Crippen LogP contribution in [-0.4, -0.2) is 76.3 Å². The summed E-state index contributed by atoms with van der Waals surface area (Å²) < 4.78 is 19.5. The number of carbonyl (C=O) groups excluding carboxylic acids is 2. The van der Waals surface area contributed by atoms with Crippen molar-refractivity contribution in [3.8, 4) is 0 Å². The van der Waals surface area contributed by atoms with Crippen LogP contribution >= 0.6 is 34.6 Å². The average molecular weight is 793 g/mol. The van der Waals surface area contributed by atoms with Gasteiger partial charge in [0.05, 0.1) is 11.9 Å². The Bertz CT molecular complexity index is 2370. The highest BCUT2D eigenvalue weighted by Gasteiger charge is 2.54. The van der Waals surface area contributed by atoms with E-state index in [0.29, 0.717) is 10.7 Å². The van der Waals surface area contributed by atoms with Crippen molar-refractivity contribution < 1.29 is 28.7 Å². The molecule has 0 spiro atoms. The average Bonchev–Trinajstić information content (AvgIpc) is 3.98. The molecule has 0 bridgehead atoms. The van der Waals surface area contributed by atoms with Crippen LogP contribution in [0.15, 0.2) is 131 Å². The van der Waals surface area contributed by atoms with Crippen LogP contribution < -0.4 is 10.6 Å². The van der Waals surface area contributed by atoms with Crippen molar-refractivity contribution in [1.82, 2.24) is 29.0 Å². The highest BCUT2D eigenvalue weighted by atomic mass is 32.2. The normalized spacial score (nSPS) is 17.3. The Hall–Kier alpha value is -6.17. The molecule has 3 aromatic carbocycles. The number of nitrogens with zero attached hydrogens (tertiary/aromatic N) is 6. The summed E-state index contributed by atoms with van der Waals surface area (Å²) in [4.78, 5) is 55.2. The number of anilines is 1. The third kappa shape index (κ3) is 6.66. The highest BCUT2D eigenvalue weighted by molar-refractivity contribution is 8.00. The van der Waals surface area contributed by atoms with E-state index in [-0.39, 0.29) is 17.3 Å². The molecule has 2 atom stereocenters. The number of β-lactam (4-membered cyclic amide) rings is 1. The van der Waals surface area contributed by atoms with Crippen LogP contribution in [0.2, 0.25) is 0 Å². The number of hydrogen-bond donors (Lipinski definition) is 3. The molecule has 1 fully saturated rings. The van der Waals surface area contributed by atoms with Crippen molar-refractivity contribution in [2.45, 2.75) is 17.0 Å². The second-order valence-electron chi connectivity index (χ2n) is 12.2. The number of oxime groups is 1. The van der Waals surface area contributed by atoms with Crippen molar-refractivity contribution in [1.29, 1.82) is 0 Å². The van der Waals surface area contributed by atoms with Gasteiger partial charge in [-0.1, -0.05) is 102 Å². The number of benzene rings is 3. The van der Waals surface area contributed by atoms with Gasteiger partial charge in [-0.25, -0.2) is 14.2 Å². The second-order valence-corrected chi connectivity index (χ2v) is 15.0. The van der Waals surface area contributed by atoms with Crippen LogP contribution in [0, 0.1) is 0 Å². The molecular weight excluding hydrogens is 764 g/mol. The molecule has 2 aliphatic heterocycles. The number of fused-ring (bicyclic) bond motifs is 2. The summed E-state index contributed by atoms with van der Waals surface area (Å²) in [6, 6.07) is 28.3. The van der Waals surface area contributed by atoms with Gasteiger partial charge in [-0.3, -0.25) is 18.9 Å². The smallest absolute Gasteiger partial charge is 0.352 e. The van der Waals surface area contributed by atoms with E-state index in [1.807, 2.05) is 101 Å². The van der Waals surface area contributed by atoms with Gasteiger partial charge in [0.2, 0.25) is 16.7 Å². The Balaban J connectivity index is 1.05. The minimum absolute atomic E-state index is 0.166. The summed E-state index contributed by atoms with van der Waals surface area (Å²) in [5.41, 5.74) is 2.39. The van der Waals surface area contributed by atoms with Gasteiger partial charge in [-0.15, -0.1) is 23.1 Å². The molecule has 0 aliphatic carbocycles. The summed E-state index contributed by atoms with van der Waals surface area (Å²) in [5.74, 6) is -2.70. The van der Waals surface area contributed by atoms with Gasteiger partial charge in [0, 0.05) is 22.7 Å². The van der Waals surface area contributed by atoms with Crippen molar-refractivity contribution in [2.75, 3.05) is 17.9 Å².